The van der Waals surface area contributed by atoms with Crippen molar-refractivity contribution in [3.63, 3.8) is 0 Å². The average molecular weight is 381 g/mol. The number of fused-ring (bicyclic) bond motifs is 1. The standard InChI is InChI=1S/C22H23NO5/c1-25-19-14-21(27-3)20(26-2)13-17(19)22(24)23-11-12-28-18-10-6-8-15-7-4-5-9-16(15)18/h4-10,13-14H,11-12H2,1-3H3,(H,23,24). The molecule has 0 aliphatic rings. The largest absolute Gasteiger partial charge is 0.496 e. The van der Waals surface area contributed by atoms with Gasteiger partial charge in [-0.15, -0.1) is 0 Å². The maximum absolute atomic E-state index is 12.6. The summed E-state index contributed by atoms with van der Waals surface area (Å²) in [7, 11) is 4.55. The topological polar surface area (TPSA) is 66.0 Å². The predicted octanol–water partition coefficient (Wildman–Crippen LogP) is 3.67. The first-order chi connectivity index (χ1) is 13.7. The van der Waals surface area contributed by atoms with E-state index >= 15 is 0 Å². The zero-order chi connectivity index (χ0) is 19.9. The summed E-state index contributed by atoms with van der Waals surface area (Å²) in [5.74, 6) is 1.87. The fourth-order valence-corrected chi connectivity index (χ4v) is 2.95. The van der Waals surface area contributed by atoms with Crippen molar-refractivity contribution in [1.82, 2.24) is 5.32 Å². The number of rotatable bonds is 8. The fraction of sp³-hybridized carbons (Fsp3) is 0.227. The van der Waals surface area contributed by atoms with E-state index in [9.17, 15) is 4.79 Å². The Morgan fingerprint density at radius 3 is 2.25 bits per heavy atom. The molecule has 146 valence electrons. The predicted molar refractivity (Wildman–Crippen MR) is 108 cm³/mol. The van der Waals surface area contributed by atoms with Crippen LogP contribution < -0.4 is 24.3 Å². The van der Waals surface area contributed by atoms with Gasteiger partial charge in [-0.3, -0.25) is 4.79 Å². The van der Waals surface area contributed by atoms with E-state index in [2.05, 4.69) is 5.32 Å². The molecular formula is C22H23NO5. The van der Waals surface area contributed by atoms with Gasteiger partial charge < -0.3 is 24.3 Å². The van der Waals surface area contributed by atoms with Gasteiger partial charge in [0, 0.05) is 17.5 Å². The lowest BCUT2D eigenvalue weighted by Gasteiger charge is -2.14. The van der Waals surface area contributed by atoms with Gasteiger partial charge in [0.2, 0.25) is 0 Å². The Morgan fingerprint density at radius 1 is 0.821 bits per heavy atom. The average Bonchev–Trinajstić information content (AvgIpc) is 2.75. The monoisotopic (exact) mass is 381 g/mol. The molecule has 6 heteroatoms. The van der Waals surface area contributed by atoms with Crippen molar-refractivity contribution >= 4 is 16.7 Å². The summed E-state index contributed by atoms with van der Waals surface area (Å²) in [5.41, 5.74) is 0.366. The molecule has 0 atom stereocenters. The zero-order valence-corrected chi connectivity index (χ0v) is 16.2. The van der Waals surface area contributed by atoms with Gasteiger partial charge >= 0.3 is 0 Å². The molecule has 0 unspecified atom stereocenters. The molecule has 0 radical (unpaired) electrons. The summed E-state index contributed by atoms with van der Waals surface area (Å²) in [6.45, 7) is 0.689. The molecule has 0 fully saturated rings. The van der Waals surface area contributed by atoms with E-state index < -0.39 is 0 Å². The second-order valence-corrected chi connectivity index (χ2v) is 5.99. The summed E-state index contributed by atoms with van der Waals surface area (Å²) in [6, 6.07) is 17.1. The third-order valence-electron chi connectivity index (χ3n) is 4.35. The second-order valence-electron chi connectivity index (χ2n) is 5.99. The van der Waals surface area contributed by atoms with Crippen molar-refractivity contribution in [1.29, 1.82) is 0 Å². The SMILES string of the molecule is COc1cc(OC)c(C(=O)NCCOc2cccc3ccccc23)cc1OC. The van der Waals surface area contributed by atoms with Crippen LogP contribution in [0.1, 0.15) is 10.4 Å². The van der Waals surface area contributed by atoms with Crippen molar-refractivity contribution in [3.8, 4) is 23.0 Å². The second kappa shape index (κ2) is 8.99. The molecule has 0 heterocycles. The minimum Gasteiger partial charge on any atom is -0.496 e. The summed E-state index contributed by atoms with van der Waals surface area (Å²) < 4.78 is 21.7. The van der Waals surface area contributed by atoms with Crippen molar-refractivity contribution in [3.05, 3.63) is 60.2 Å². The minimum atomic E-state index is -0.278. The van der Waals surface area contributed by atoms with E-state index in [0.717, 1.165) is 16.5 Å². The molecule has 0 saturated heterocycles. The third-order valence-corrected chi connectivity index (χ3v) is 4.35. The summed E-state index contributed by atoms with van der Waals surface area (Å²) in [6.07, 6.45) is 0. The minimum absolute atomic E-state index is 0.278. The van der Waals surface area contributed by atoms with Gasteiger partial charge in [0.25, 0.3) is 5.91 Å². The number of hydrogen-bond acceptors (Lipinski definition) is 5. The Labute approximate surface area is 164 Å². The van der Waals surface area contributed by atoms with Crippen LogP contribution in [0, 0.1) is 0 Å². The molecular weight excluding hydrogens is 358 g/mol. The molecule has 0 aromatic heterocycles. The van der Waals surface area contributed by atoms with Crippen LogP contribution in [0.3, 0.4) is 0 Å². The first-order valence-corrected chi connectivity index (χ1v) is 8.86. The summed E-state index contributed by atoms with van der Waals surface area (Å²) in [5, 5.41) is 4.99. The van der Waals surface area contributed by atoms with Crippen LogP contribution in [0.25, 0.3) is 10.8 Å². The molecule has 0 aliphatic heterocycles. The molecule has 6 nitrogen and oxygen atoms in total. The first kappa shape index (κ1) is 19.4. The lowest BCUT2D eigenvalue weighted by molar-refractivity contribution is 0.0943. The van der Waals surface area contributed by atoms with Crippen LogP contribution in [0.15, 0.2) is 54.6 Å². The number of hydrogen-bond donors (Lipinski definition) is 1. The Morgan fingerprint density at radius 2 is 1.50 bits per heavy atom. The van der Waals surface area contributed by atoms with E-state index in [-0.39, 0.29) is 5.91 Å². The maximum atomic E-state index is 12.6. The van der Waals surface area contributed by atoms with E-state index in [1.807, 2.05) is 42.5 Å². The number of methoxy groups -OCH3 is 3. The highest BCUT2D eigenvalue weighted by Crippen LogP contribution is 2.34. The number of nitrogens with one attached hydrogen (secondary N) is 1. The maximum Gasteiger partial charge on any atom is 0.255 e. The van der Waals surface area contributed by atoms with Crippen molar-refractivity contribution < 1.29 is 23.7 Å². The van der Waals surface area contributed by atoms with Gasteiger partial charge in [0.15, 0.2) is 11.5 Å². The third kappa shape index (κ3) is 4.11. The van der Waals surface area contributed by atoms with Gasteiger partial charge in [-0.25, -0.2) is 0 Å². The zero-order valence-electron chi connectivity index (χ0n) is 16.2. The van der Waals surface area contributed by atoms with Crippen LogP contribution >= 0.6 is 0 Å². The highest BCUT2D eigenvalue weighted by molar-refractivity contribution is 5.97. The summed E-state index contributed by atoms with van der Waals surface area (Å²) >= 11 is 0. The van der Waals surface area contributed by atoms with Gasteiger partial charge in [-0.05, 0) is 11.5 Å². The number of amides is 1. The number of benzene rings is 3. The smallest absolute Gasteiger partial charge is 0.255 e. The van der Waals surface area contributed by atoms with Gasteiger partial charge in [0.1, 0.15) is 18.1 Å². The van der Waals surface area contributed by atoms with E-state index in [4.69, 9.17) is 18.9 Å². The van der Waals surface area contributed by atoms with Gasteiger partial charge in [-0.2, -0.15) is 0 Å². The quantitative estimate of drug-likeness (QED) is 0.603. The van der Waals surface area contributed by atoms with Crippen LogP contribution in [0.2, 0.25) is 0 Å². The molecule has 0 spiro atoms. The van der Waals surface area contributed by atoms with Crippen LogP contribution in [-0.2, 0) is 0 Å². The molecule has 0 aliphatic carbocycles. The van der Waals surface area contributed by atoms with Crippen LogP contribution in [0.4, 0.5) is 0 Å². The van der Waals surface area contributed by atoms with Crippen molar-refractivity contribution in [2.24, 2.45) is 0 Å². The Bertz CT molecular complexity index is 965. The highest BCUT2D eigenvalue weighted by Gasteiger charge is 2.17. The Kier molecular flexibility index (Phi) is 6.22. The van der Waals surface area contributed by atoms with E-state index in [1.54, 1.807) is 12.1 Å². The lowest BCUT2D eigenvalue weighted by atomic mass is 10.1. The first-order valence-electron chi connectivity index (χ1n) is 8.86. The molecule has 3 aromatic rings. The Hall–Kier alpha value is -3.41. The van der Waals surface area contributed by atoms with E-state index in [1.165, 1.54) is 21.3 Å². The van der Waals surface area contributed by atoms with E-state index in [0.29, 0.717) is 36.0 Å². The lowest BCUT2D eigenvalue weighted by Crippen LogP contribution is -2.28. The Balaban J connectivity index is 1.64. The molecule has 3 rings (SSSR count). The van der Waals surface area contributed by atoms with Crippen molar-refractivity contribution in [2.45, 2.75) is 0 Å². The number of carbonyl (C=O) groups excluding carboxylic acids is 1. The van der Waals surface area contributed by atoms with Gasteiger partial charge in [0.05, 0.1) is 33.4 Å². The normalized spacial score (nSPS) is 10.4. The molecule has 28 heavy (non-hydrogen) atoms. The molecule has 0 saturated carbocycles. The highest BCUT2D eigenvalue weighted by atomic mass is 16.5. The molecule has 1 amide bonds. The van der Waals surface area contributed by atoms with Crippen LogP contribution in [0.5, 0.6) is 23.0 Å². The van der Waals surface area contributed by atoms with Crippen molar-refractivity contribution in [2.75, 3.05) is 34.5 Å². The number of carbonyl (C=O) groups is 1. The fourth-order valence-electron chi connectivity index (χ4n) is 2.95. The molecule has 0 bridgehead atoms. The number of ether oxygens (including phenoxy) is 4. The summed E-state index contributed by atoms with van der Waals surface area (Å²) in [4.78, 5) is 12.6. The molecule has 1 N–H and O–H groups in total. The molecule has 3 aromatic carbocycles. The van der Waals surface area contributed by atoms with Crippen LogP contribution in [-0.4, -0.2) is 40.4 Å². The van der Waals surface area contributed by atoms with Gasteiger partial charge in [-0.1, -0.05) is 36.4 Å².